The Morgan fingerprint density at radius 2 is 2.26 bits per heavy atom. The largest absolute Gasteiger partial charge is 0.394 e. The van der Waals surface area contributed by atoms with E-state index in [9.17, 15) is 15.0 Å². The van der Waals surface area contributed by atoms with Crippen molar-refractivity contribution in [2.24, 2.45) is 0 Å². The van der Waals surface area contributed by atoms with E-state index < -0.39 is 36.7 Å². The van der Waals surface area contributed by atoms with Crippen LogP contribution in [0.1, 0.15) is 6.23 Å². The molecule has 0 radical (unpaired) electrons. The third-order valence-electron chi connectivity index (χ3n) is 3.43. The summed E-state index contributed by atoms with van der Waals surface area (Å²) in [6.45, 7) is -0.447. The molecule has 0 amide bonds. The molecule has 0 saturated carbocycles. The number of aromatic amines is 1. The number of hydrogen-bond acceptors (Lipinski definition) is 8. The molecule has 0 spiro atoms. The van der Waals surface area contributed by atoms with Gasteiger partial charge in [-0.15, -0.1) is 0 Å². The summed E-state index contributed by atoms with van der Waals surface area (Å²) in [7, 11) is 0. The van der Waals surface area contributed by atoms with Gasteiger partial charge in [0.25, 0.3) is 5.56 Å². The molecule has 1 aliphatic rings. The number of nitrogens with one attached hydrogen (secondary N) is 1. The van der Waals surface area contributed by atoms with Gasteiger partial charge < -0.3 is 20.1 Å². The fourth-order valence-electron chi connectivity index (χ4n) is 2.35. The molecule has 1 aliphatic heterocycles. The summed E-state index contributed by atoms with van der Waals surface area (Å²) in [6, 6.07) is 0. The maximum atomic E-state index is 12.0. The molecular weight excluding hydrogens is 348 g/mol. The first kappa shape index (κ1) is 16.4. The van der Waals surface area contributed by atoms with Crippen molar-refractivity contribution in [1.82, 2.24) is 19.5 Å². The second-order valence-electron chi connectivity index (χ2n) is 4.80. The molecule has 1 saturated heterocycles. The second kappa shape index (κ2) is 6.59. The van der Waals surface area contributed by atoms with Crippen molar-refractivity contribution in [3.05, 3.63) is 27.6 Å². The molecule has 124 valence electrons. The maximum absolute atomic E-state index is 12.0. The molecule has 0 aliphatic carbocycles. The zero-order chi connectivity index (χ0) is 16.6. The lowest BCUT2D eigenvalue weighted by atomic mass is 10.1. The summed E-state index contributed by atoms with van der Waals surface area (Å²) in [5.74, 6) is 0. The number of thioether (sulfide) groups is 1. The maximum Gasteiger partial charge on any atom is 0.279 e. The van der Waals surface area contributed by atoms with Crippen molar-refractivity contribution >= 4 is 34.5 Å². The number of hydrogen-bond donors (Lipinski definition) is 4. The number of nitrogens with zero attached hydrogens (tertiary/aromatic N) is 3. The van der Waals surface area contributed by atoms with Gasteiger partial charge in [-0.1, -0.05) is 23.4 Å². The van der Waals surface area contributed by atoms with Crippen LogP contribution < -0.4 is 5.56 Å². The summed E-state index contributed by atoms with van der Waals surface area (Å²) in [4.78, 5) is 22.8. The molecule has 2 aromatic rings. The Morgan fingerprint density at radius 3 is 2.91 bits per heavy atom. The number of fused-ring (bicyclic) bond motifs is 1. The second-order valence-corrected chi connectivity index (χ2v) is 5.95. The van der Waals surface area contributed by atoms with Gasteiger partial charge in [0.1, 0.15) is 18.3 Å². The molecule has 11 heteroatoms. The van der Waals surface area contributed by atoms with E-state index in [-0.39, 0.29) is 16.3 Å². The molecule has 4 N–H and O–H groups in total. The fraction of sp³-hybridized carbons (Fsp3) is 0.417. The summed E-state index contributed by atoms with van der Waals surface area (Å²) in [6.07, 6.45) is -3.19. The molecule has 0 bridgehead atoms. The van der Waals surface area contributed by atoms with Gasteiger partial charge in [-0.25, -0.2) is 9.97 Å². The molecule has 0 aromatic carbocycles. The number of aliphatic hydroxyl groups is 3. The highest BCUT2D eigenvalue weighted by Gasteiger charge is 2.44. The van der Waals surface area contributed by atoms with E-state index >= 15 is 0 Å². The average Bonchev–Trinajstić information content (AvgIpc) is 3.08. The van der Waals surface area contributed by atoms with Crippen LogP contribution in [0, 0.1) is 0 Å². The molecule has 0 unspecified atom stereocenters. The minimum Gasteiger partial charge on any atom is -0.394 e. The summed E-state index contributed by atoms with van der Waals surface area (Å²) >= 11 is 6.54. The van der Waals surface area contributed by atoms with Crippen molar-refractivity contribution in [2.45, 2.75) is 29.7 Å². The predicted molar refractivity (Wildman–Crippen MR) is 82.0 cm³/mol. The Hall–Kier alpha value is -1.43. The van der Waals surface area contributed by atoms with E-state index in [4.69, 9.17) is 21.4 Å². The van der Waals surface area contributed by atoms with Crippen LogP contribution >= 0.6 is 23.4 Å². The van der Waals surface area contributed by atoms with Crippen LogP contribution in [0.25, 0.3) is 11.2 Å². The smallest absolute Gasteiger partial charge is 0.279 e. The Kier molecular flexibility index (Phi) is 4.71. The van der Waals surface area contributed by atoms with Gasteiger partial charge >= 0.3 is 0 Å². The Balaban J connectivity index is 2.05. The quantitative estimate of drug-likeness (QED) is 0.425. The van der Waals surface area contributed by atoms with Gasteiger partial charge in [0, 0.05) is 5.54 Å². The summed E-state index contributed by atoms with van der Waals surface area (Å²) in [5, 5.41) is 30.9. The zero-order valence-electron chi connectivity index (χ0n) is 11.5. The van der Waals surface area contributed by atoms with E-state index in [0.717, 1.165) is 11.8 Å². The first-order chi connectivity index (χ1) is 11.1. The lowest BCUT2D eigenvalue weighted by Gasteiger charge is -2.16. The van der Waals surface area contributed by atoms with E-state index in [1.165, 1.54) is 21.8 Å². The van der Waals surface area contributed by atoms with Crippen molar-refractivity contribution in [1.29, 1.82) is 0 Å². The summed E-state index contributed by atoms with van der Waals surface area (Å²) in [5.41, 5.74) is 1.08. The predicted octanol–water partition coefficient (Wildman–Crippen LogP) is -0.467. The van der Waals surface area contributed by atoms with Crippen molar-refractivity contribution in [3.63, 3.8) is 0 Å². The molecule has 2 aromatic heterocycles. The minimum absolute atomic E-state index is 0.0712. The van der Waals surface area contributed by atoms with Gasteiger partial charge in [0.2, 0.25) is 0 Å². The SMILES string of the molecule is O=c1[nH]c(S/C=C/Cl)nc2c1ncn2[C@@H]1O[C@H](CO)[C@@H](O)[C@H]1O. The van der Waals surface area contributed by atoms with Crippen LogP contribution in [0.3, 0.4) is 0 Å². The number of H-pyrrole nitrogens is 1. The molecule has 23 heavy (non-hydrogen) atoms. The molecule has 3 heterocycles. The molecule has 1 fully saturated rings. The van der Waals surface area contributed by atoms with Crippen LogP contribution in [0.15, 0.2) is 27.2 Å². The lowest BCUT2D eigenvalue weighted by Crippen LogP contribution is -2.33. The normalized spacial score (nSPS) is 28.2. The standard InChI is InChI=1S/C12H13ClN4O5S/c13-1-2-23-12-15-9-6(10(21)16-12)14-4-17(9)11-8(20)7(19)5(3-18)22-11/h1-2,4-5,7-8,11,18-20H,3H2,(H,15,16,21)/b2-1+/t5-,7-,8-,11-/m1/s1. The molecule has 4 atom stereocenters. The third-order valence-corrected chi connectivity index (χ3v) is 4.40. The van der Waals surface area contributed by atoms with E-state index in [1.807, 2.05) is 0 Å². The highest BCUT2D eigenvalue weighted by molar-refractivity contribution is 8.02. The number of ether oxygens (including phenoxy) is 1. The molecule has 9 nitrogen and oxygen atoms in total. The number of halogens is 1. The van der Waals surface area contributed by atoms with Gasteiger partial charge in [0.05, 0.1) is 12.9 Å². The van der Waals surface area contributed by atoms with Gasteiger partial charge in [0.15, 0.2) is 22.5 Å². The van der Waals surface area contributed by atoms with E-state index in [2.05, 4.69) is 15.0 Å². The monoisotopic (exact) mass is 360 g/mol. The molecular formula is C12H13ClN4O5S. The van der Waals surface area contributed by atoms with Crippen molar-refractivity contribution in [2.75, 3.05) is 6.61 Å². The van der Waals surface area contributed by atoms with Crippen LogP contribution in [-0.2, 0) is 4.74 Å². The van der Waals surface area contributed by atoms with Gasteiger partial charge in [-0.05, 0) is 5.41 Å². The van der Waals surface area contributed by atoms with Crippen molar-refractivity contribution < 1.29 is 20.1 Å². The van der Waals surface area contributed by atoms with Crippen LogP contribution in [0.5, 0.6) is 0 Å². The minimum atomic E-state index is -1.29. The fourth-order valence-corrected chi connectivity index (χ4v) is 2.97. The third kappa shape index (κ3) is 2.89. The Morgan fingerprint density at radius 1 is 1.48 bits per heavy atom. The zero-order valence-corrected chi connectivity index (χ0v) is 13.1. The van der Waals surface area contributed by atoms with E-state index in [0.29, 0.717) is 0 Å². The lowest BCUT2D eigenvalue weighted by molar-refractivity contribution is -0.0511. The molecule has 3 rings (SSSR count). The van der Waals surface area contributed by atoms with Crippen molar-refractivity contribution in [3.8, 4) is 0 Å². The average molecular weight is 361 g/mol. The Labute approximate surface area is 138 Å². The van der Waals surface area contributed by atoms with Gasteiger partial charge in [-0.2, -0.15) is 0 Å². The van der Waals surface area contributed by atoms with Crippen LogP contribution in [-0.4, -0.2) is 59.8 Å². The first-order valence-corrected chi connectivity index (χ1v) is 7.89. The number of rotatable bonds is 4. The summed E-state index contributed by atoms with van der Waals surface area (Å²) < 4.78 is 6.78. The topological polar surface area (TPSA) is 133 Å². The number of aromatic nitrogens is 4. The van der Waals surface area contributed by atoms with Crippen LogP contribution in [0.4, 0.5) is 0 Å². The highest BCUT2D eigenvalue weighted by Crippen LogP contribution is 2.31. The van der Waals surface area contributed by atoms with Crippen LogP contribution in [0.2, 0.25) is 0 Å². The first-order valence-electron chi connectivity index (χ1n) is 6.58. The van der Waals surface area contributed by atoms with E-state index in [1.54, 1.807) is 0 Å². The Bertz CT molecular complexity index is 793. The van der Waals surface area contributed by atoms with Gasteiger partial charge in [-0.3, -0.25) is 14.3 Å². The number of imidazole rings is 1. The number of aliphatic hydroxyl groups excluding tert-OH is 3. The highest BCUT2D eigenvalue weighted by atomic mass is 35.5.